The smallest absolute Gasteiger partial charge is 0.305 e. The van der Waals surface area contributed by atoms with E-state index in [1.165, 1.54) is 0 Å². The highest BCUT2D eigenvalue weighted by molar-refractivity contribution is 5.78. The van der Waals surface area contributed by atoms with Crippen molar-refractivity contribution in [3.05, 3.63) is 0 Å². The predicted molar refractivity (Wildman–Crippen MR) is 80.2 cm³/mol. The van der Waals surface area contributed by atoms with Gasteiger partial charge in [-0.25, -0.2) is 0 Å². The lowest BCUT2D eigenvalue weighted by molar-refractivity contribution is -0.142. The summed E-state index contributed by atoms with van der Waals surface area (Å²) in [7, 11) is 3.50. The molecule has 122 valence electrons. The fourth-order valence-electron chi connectivity index (χ4n) is 3.07. The average molecular weight is 300 g/mol. The van der Waals surface area contributed by atoms with Gasteiger partial charge in [-0.2, -0.15) is 0 Å². The Labute approximate surface area is 126 Å². The molecule has 0 heterocycles. The minimum absolute atomic E-state index is 0.0519. The van der Waals surface area contributed by atoms with Crippen LogP contribution in [0.3, 0.4) is 0 Å². The SMILES string of the molecule is COCCCNC(=O)CN(C)C1(CC(=O)O)CCCCC1. The number of methoxy groups -OCH3 is 1. The normalized spacial score (nSPS) is 17.7. The van der Waals surface area contributed by atoms with Gasteiger partial charge in [-0.1, -0.05) is 19.3 Å². The fourth-order valence-corrected chi connectivity index (χ4v) is 3.07. The summed E-state index contributed by atoms with van der Waals surface area (Å²) in [4.78, 5) is 25.0. The van der Waals surface area contributed by atoms with E-state index in [1.54, 1.807) is 7.11 Å². The number of hydrogen-bond donors (Lipinski definition) is 2. The van der Waals surface area contributed by atoms with Gasteiger partial charge in [0.2, 0.25) is 5.91 Å². The molecule has 6 nitrogen and oxygen atoms in total. The Morgan fingerprint density at radius 2 is 1.95 bits per heavy atom. The topological polar surface area (TPSA) is 78.9 Å². The molecular weight excluding hydrogens is 272 g/mol. The van der Waals surface area contributed by atoms with Gasteiger partial charge in [0.1, 0.15) is 0 Å². The molecule has 1 aliphatic rings. The number of carboxylic acid groups (broad SMARTS) is 1. The van der Waals surface area contributed by atoms with E-state index in [4.69, 9.17) is 4.74 Å². The highest BCUT2D eigenvalue weighted by Crippen LogP contribution is 2.35. The number of amides is 1. The predicted octanol–water partition coefficient (Wildman–Crippen LogP) is 1.25. The van der Waals surface area contributed by atoms with Crippen LogP contribution in [-0.4, -0.2) is 61.3 Å². The average Bonchev–Trinajstić information content (AvgIpc) is 2.44. The molecule has 1 rings (SSSR count). The number of nitrogens with one attached hydrogen (secondary N) is 1. The van der Waals surface area contributed by atoms with Crippen molar-refractivity contribution in [2.45, 2.75) is 50.5 Å². The van der Waals surface area contributed by atoms with Crippen LogP contribution in [0.15, 0.2) is 0 Å². The maximum Gasteiger partial charge on any atom is 0.305 e. The summed E-state index contributed by atoms with van der Waals surface area (Å²) >= 11 is 0. The molecule has 6 heteroatoms. The Hall–Kier alpha value is -1.14. The van der Waals surface area contributed by atoms with E-state index in [0.29, 0.717) is 13.2 Å². The Morgan fingerprint density at radius 3 is 2.52 bits per heavy atom. The Morgan fingerprint density at radius 1 is 1.29 bits per heavy atom. The van der Waals surface area contributed by atoms with Gasteiger partial charge in [-0.15, -0.1) is 0 Å². The van der Waals surface area contributed by atoms with Gasteiger partial charge < -0.3 is 15.2 Å². The first kappa shape index (κ1) is 17.9. The standard InChI is InChI=1S/C15H28N2O4/c1-17(12-13(18)16-9-6-10-21-2)15(11-14(19)20)7-4-3-5-8-15/h3-12H2,1-2H3,(H,16,18)(H,19,20). The number of hydrogen-bond acceptors (Lipinski definition) is 4. The lowest BCUT2D eigenvalue weighted by atomic mass is 9.78. The minimum atomic E-state index is -0.788. The Bertz CT molecular complexity index is 341. The van der Waals surface area contributed by atoms with Crippen LogP contribution in [0.25, 0.3) is 0 Å². The van der Waals surface area contributed by atoms with Gasteiger partial charge >= 0.3 is 5.97 Å². The molecule has 0 aromatic carbocycles. The van der Waals surface area contributed by atoms with E-state index in [2.05, 4.69) is 5.32 Å². The van der Waals surface area contributed by atoms with Crippen molar-refractivity contribution in [1.29, 1.82) is 0 Å². The monoisotopic (exact) mass is 300 g/mol. The second-order valence-electron chi connectivity index (χ2n) is 5.91. The third kappa shape index (κ3) is 6.01. The summed E-state index contributed by atoms with van der Waals surface area (Å²) in [6, 6.07) is 0. The second-order valence-corrected chi connectivity index (χ2v) is 5.91. The Kier molecular flexibility index (Phi) is 7.67. The van der Waals surface area contributed by atoms with Crippen molar-refractivity contribution >= 4 is 11.9 Å². The zero-order valence-electron chi connectivity index (χ0n) is 13.2. The number of likely N-dealkylation sites (N-methyl/N-ethyl adjacent to an activating group) is 1. The molecule has 0 atom stereocenters. The van der Waals surface area contributed by atoms with Crippen molar-refractivity contribution in [1.82, 2.24) is 10.2 Å². The van der Waals surface area contributed by atoms with Gasteiger partial charge in [0.25, 0.3) is 0 Å². The van der Waals surface area contributed by atoms with E-state index in [1.807, 2.05) is 11.9 Å². The minimum Gasteiger partial charge on any atom is -0.481 e. The van der Waals surface area contributed by atoms with Crippen LogP contribution in [0.1, 0.15) is 44.9 Å². The van der Waals surface area contributed by atoms with Crippen molar-refractivity contribution in [3.8, 4) is 0 Å². The van der Waals surface area contributed by atoms with Crippen LogP contribution in [0.5, 0.6) is 0 Å². The molecule has 1 aliphatic carbocycles. The molecular formula is C15H28N2O4. The summed E-state index contributed by atoms with van der Waals surface area (Å²) < 4.78 is 4.93. The van der Waals surface area contributed by atoms with E-state index in [0.717, 1.165) is 38.5 Å². The molecule has 1 amide bonds. The number of nitrogens with zero attached hydrogens (tertiary/aromatic N) is 1. The van der Waals surface area contributed by atoms with Crippen molar-refractivity contribution in [2.24, 2.45) is 0 Å². The molecule has 0 spiro atoms. The summed E-state index contributed by atoms with van der Waals surface area (Å²) in [5, 5.41) is 12.0. The molecule has 0 aromatic rings. The fraction of sp³-hybridized carbons (Fsp3) is 0.867. The quantitative estimate of drug-likeness (QED) is 0.627. The number of carbonyl (C=O) groups is 2. The van der Waals surface area contributed by atoms with Crippen LogP contribution in [0.4, 0.5) is 0 Å². The van der Waals surface area contributed by atoms with E-state index in [9.17, 15) is 14.7 Å². The highest BCUT2D eigenvalue weighted by atomic mass is 16.5. The molecule has 0 aromatic heterocycles. The molecule has 0 unspecified atom stereocenters. The van der Waals surface area contributed by atoms with Crippen LogP contribution in [-0.2, 0) is 14.3 Å². The van der Waals surface area contributed by atoms with E-state index < -0.39 is 5.97 Å². The van der Waals surface area contributed by atoms with Gasteiger partial charge in [0.15, 0.2) is 0 Å². The van der Waals surface area contributed by atoms with Crippen LogP contribution in [0.2, 0.25) is 0 Å². The lowest BCUT2D eigenvalue weighted by Crippen LogP contribution is -2.52. The zero-order chi connectivity index (χ0) is 15.7. The molecule has 21 heavy (non-hydrogen) atoms. The number of carbonyl (C=O) groups excluding carboxylic acids is 1. The number of ether oxygens (including phenoxy) is 1. The third-order valence-electron chi connectivity index (χ3n) is 4.30. The van der Waals surface area contributed by atoms with E-state index in [-0.39, 0.29) is 24.4 Å². The first-order valence-electron chi connectivity index (χ1n) is 7.69. The molecule has 0 bridgehead atoms. The third-order valence-corrected chi connectivity index (χ3v) is 4.30. The number of aliphatic carboxylic acids is 1. The molecule has 0 saturated heterocycles. The first-order chi connectivity index (χ1) is 10.00. The maximum absolute atomic E-state index is 11.9. The molecule has 0 aliphatic heterocycles. The lowest BCUT2D eigenvalue weighted by Gasteiger charge is -2.43. The zero-order valence-corrected chi connectivity index (χ0v) is 13.2. The van der Waals surface area contributed by atoms with Crippen LogP contribution >= 0.6 is 0 Å². The van der Waals surface area contributed by atoms with Gasteiger partial charge in [0.05, 0.1) is 13.0 Å². The van der Waals surface area contributed by atoms with E-state index >= 15 is 0 Å². The summed E-state index contributed by atoms with van der Waals surface area (Å²) in [6.07, 6.45) is 5.82. The summed E-state index contributed by atoms with van der Waals surface area (Å²) in [5.41, 5.74) is -0.367. The second kappa shape index (κ2) is 9.00. The Balaban J connectivity index is 2.50. The largest absolute Gasteiger partial charge is 0.481 e. The first-order valence-corrected chi connectivity index (χ1v) is 7.69. The summed E-state index contributed by atoms with van der Waals surface area (Å²) in [6.45, 7) is 1.46. The van der Waals surface area contributed by atoms with Gasteiger partial charge in [-0.05, 0) is 26.3 Å². The van der Waals surface area contributed by atoms with Crippen LogP contribution in [0, 0.1) is 0 Å². The molecule has 1 fully saturated rings. The molecule has 2 N–H and O–H groups in total. The van der Waals surface area contributed by atoms with Gasteiger partial charge in [-0.3, -0.25) is 14.5 Å². The van der Waals surface area contributed by atoms with Crippen molar-refractivity contribution < 1.29 is 19.4 Å². The molecule has 0 radical (unpaired) electrons. The summed E-state index contributed by atoms with van der Waals surface area (Å²) in [5.74, 6) is -0.840. The molecule has 1 saturated carbocycles. The maximum atomic E-state index is 11.9. The van der Waals surface area contributed by atoms with Crippen molar-refractivity contribution in [2.75, 3.05) is 33.9 Å². The van der Waals surface area contributed by atoms with Crippen molar-refractivity contribution in [3.63, 3.8) is 0 Å². The number of carboxylic acids is 1. The highest BCUT2D eigenvalue weighted by Gasteiger charge is 2.38. The van der Waals surface area contributed by atoms with Gasteiger partial charge in [0, 0.05) is 25.8 Å². The number of rotatable bonds is 9. The van der Waals surface area contributed by atoms with Crippen LogP contribution < -0.4 is 5.32 Å².